The SMILES string of the molecule is CN=C(NCCCNC(=O)OC(C)(C)C)NCCC1CCN(C)CC1.I. The lowest BCUT2D eigenvalue weighted by atomic mass is 9.94. The van der Waals surface area contributed by atoms with Crippen LogP contribution in [0, 0.1) is 5.92 Å². The third-order valence-corrected chi connectivity index (χ3v) is 4.22. The number of carbonyl (C=O) groups excluding carboxylic acids is 1. The zero-order valence-corrected chi connectivity index (χ0v) is 19.4. The fraction of sp³-hybridized carbons (Fsp3) is 0.889. The number of hydrogen-bond donors (Lipinski definition) is 3. The van der Waals surface area contributed by atoms with Crippen molar-refractivity contribution in [1.82, 2.24) is 20.9 Å². The minimum Gasteiger partial charge on any atom is -0.444 e. The van der Waals surface area contributed by atoms with Crippen LogP contribution in [0.3, 0.4) is 0 Å². The Morgan fingerprint density at radius 3 is 2.27 bits per heavy atom. The lowest BCUT2D eigenvalue weighted by Crippen LogP contribution is -2.40. The van der Waals surface area contributed by atoms with E-state index in [9.17, 15) is 4.79 Å². The topological polar surface area (TPSA) is 78.0 Å². The van der Waals surface area contributed by atoms with Gasteiger partial charge in [0, 0.05) is 26.7 Å². The van der Waals surface area contributed by atoms with Gasteiger partial charge in [0.2, 0.25) is 0 Å². The predicted molar refractivity (Wildman–Crippen MR) is 118 cm³/mol. The molecule has 0 saturated carbocycles. The van der Waals surface area contributed by atoms with Gasteiger partial charge in [0.05, 0.1) is 0 Å². The standard InChI is InChI=1S/C18H37N5O2.HI/c1-18(2,3)25-17(24)22-11-6-10-20-16(19-4)21-12-7-15-8-13-23(5)14-9-15;/h15H,6-14H2,1-5H3,(H,22,24)(H2,19,20,21);1H. The predicted octanol–water partition coefficient (Wildman–Crippen LogP) is 2.42. The average molecular weight is 483 g/mol. The fourth-order valence-corrected chi connectivity index (χ4v) is 2.77. The molecule has 0 unspecified atom stereocenters. The van der Waals surface area contributed by atoms with E-state index >= 15 is 0 Å². The Labute approximate surface area is 176 Å². The van der Waals surface area contributed by atoms with Crippen LogP contribution in [0.4, 0.5) is 4.79 Å². The Bertz CT molecular complexity index is 418. The van der Waals surface area contributed by atoms with Gasteiger partial charge in [-0.1, -0.05) is 0 Å². The van der Waals surface area contributed by atoms with Crippen molar-refractivity contribution in [1.29, 1.82) is 0 Å². The number of rotatable bonds is 7. The van der Waals surface area contributed by atoms with E-state index in [2.05, 4.69) is 32.9 Å². The molecule has 1 aliphatic rings. The summed E-state index contributed by atoms with van der Waals surface area (Å²) in [5, 5.41) is 9.40. The van der Waals surface area contributed by atoms with Crippen LogP contribution in [-0.2, 0) is 4.74 Å². The molecule has 3 N–H and O–H groups in total. The lowest BCUT2D eigenvalue weighted by molar-refractivity contribution is 0.0527. The summed E-state index contributed by atoms with van der Waals surface area (Å²) in [6.07, 6.45) is 4.22. The Morgan fingerprint density at radius 1 is 1.12 bits per heavy atom. The van der Waals surface area contributed by atoms with E-state index in [-0.39, 0.29) is 30.1 Å². The number of likely N-dealkylation sites (tertiary alicyclic amines) is 1. The van der Waals surface area contributed by atoms with Crippen molar-refractivity contribution in [2.75, 3.05) is 46.8 Å². The molecule has 0 bridgehead atoms. The highest BCUT2D eigenvalue weighted by Crippen LogP contribution is 2.18. The van der Waals surface area contributed by atoms with Crippen LogP contribution in [0.2, 0.25) is 0 Å². The van der Waals surface area contributed by atoms with Crippen LogP contribution in [0.1, 0.15) is 46.5 Å². The number of nitrogens with one attached hydrogen (secondary N) is 3. The molecule has 1 saturated heterocycles. The summed E-state index contributed by atoms with van der Waals surface area (Å²) in [5.41, 5.74) is -0.456. The van der Waals surface area contributed by atoms with Crippen LogP contribution in [0.15, 0.2) is 4.99 Å². The van der Waals surface area contributed by atoms with E-state index < -0.39 is 5.60 Å². The smallest absolute Gasteiger partial charge is 0.407 e. The molecule has 0 aromatic carbocycles. The molecule has 1 amide bonds. The number of alkyl carbamates (subject to hydrolysis) is 1. The molecule has 1 rings (SSSR count). The summed E-state index contributed by atoms with van der Waals surface area (Å²) < 4.78 is 5.19. The van der Waals surface area contributed by atoms with Crippen molar-refractivity contribution >= 4 is 36.0 Å². The van der Waals surface area contributed by atoms with Crippen LogP contribution >= 0.6 is 24.0 Å². The summed E-state index contributed by atoms with van der Waals surface area (Å²) in [5.74, 6) is 1.64. The minimum absolute atomic E-state index is 0. The van der Waals surface area contributed by atoms with Crippen LogP contribution in [0.25, 0.3) is 0 Å². The second kappa shape index (κ2) is 13.4. The molecule has 154 valence electrons. The number of carbonyl (C=O) groups is 1. The first-order chi connectivity index (χ1) is 11.8. The summed E-state index contributed by atoms with van der Waals surface area (Å²) in [4.78, 5) is 18.2. The third-order valence-electron chi connectivity index (χ3n) is 4.22. The normalized spacial score (nSPS) is 16.6. The number of aliphatic imine (C=N–C) groups is 1. The van der Waals surface area contributed by atoms with E-state index in [1.165, 1.54) is 32.4 Å². The molecule has 1 fully saturated rings. The molecule has 0 aliphatic carbocycles. The van der Waals surface area contributed by atoms with Crippen molar-refractivity contribution in [3.8, 4) is 0 Å². The second-order valence-corrected chi connectivity index (χ2v) is 7.74. The molecule has 0 spiro atoms. The molecule has 1 heterocycles. The van der Waals surface area contributed by atoms with E-state index in [1.807, 2.05) is 20.8 Å². The maximum atomic E-state index is 11.5. The van der Waals surface area contributed by atoms with Crippen molar-refractivity contribution in [2.45, 2.75) is 52.1 Å². The van der Waals surface area contributed by atoms with Gasteiger partial charge in [0.15, 0.2) is 5.96 Å². The van der Waals surface area contributed by atoms with Crippen molar-refractivity contribution in [2.24, 2.45) is 10.9 Å². The summed E-state index contributed by atoms with van der Waals surface area (Å²) in [6.45, 7) is 10.3. The Kier molecular flexibility index (Phi) is 13.0. The van der Waals surface area contributed by atoms with Gasteiger partial charge in [-0.05, 0) is 72.5 Å². The van der Waals surface area contributed by atoms with E-state index in [1.54, 1.807) is 7.05 Å². The van der Waals surface area contributed by atoms with Crippen LogP contribution in [-0.4, -0.2) is 69.4 Å². The van der Waals surface area contributed by atoms with Crippen LogP contribution < -0.4 is 16.0 Å². The van der Waals surface area contributed by atoms with E-state index in [4.69, 9.17) is 4.74 Å². The molecule has 0 atom stereocenters. The molecule has 1 aliphatic heterocycles. The highest BCUT2D eigenvalue weighted by Gasteiger charge is 2.16. The van der Waals surface area contributed by atoms with Gasteiger partial charge in [0.25, 0.3) is 0 Å². The molecule has 26 heavy (non-hydrogen) atoms. The first kappa shape index (κ1) is 25.2. The van der Waals surface area contributed by atoms with E-state index in [0.717, 1.165) is 31.4 Å². The van der Waals surface area contributed by atoms with Gasteiger partial charge in [-0.3, -0.25) is 4.99 Å². The molecule has 0 radical (unpaired) electrons. The van der Waals surface area contributed by atoms with Crippen molar-refractivity contribution in [3.63, 3.8) is 0 Å². The van der Waals surface area contributed by atoms with Gasteiger partial charge in [-0.2, -0.15) is 0 Å². The maximum Gasteiger partial charge on any atom is 0.407 e. The third kappa shape index (κ3) is 12.6. The molecule has 7 nitrogen and oxygen atoms in total. The largest absolute Gasteiger partial charge is 0.444 e. The first-order valence-corrected chi connectivity index (χ1v) is 9.40. The highest BCUT2D eigenvalue weighted by molar-refractivity contribution is 14.0. The van der Waals surface area contributed by atoms with Crippen LogP contribution in [0.5, 0.6) is 0 Å². The lowest BCUT2D eigenvalue weighted by Gasteiger charge is -2.29. The van der Waals surface area contributed by atoms with Gasteiger partial charge in [-0.15, -0.1) is 24.0 Å². The Morgan fingerprint density at radius 2 is 1.69 bits per heavy atom. The number of hydrogen-bond acceptors (Lipinski definition) is 4. The first-order valence-electron chi connectivity index (χ1n) is 9.40. The molecule has 0 aromatic rings. The van der Waals surface area contributed by atoms with Gasteiger partial charge in [0.1, 0.15) is 5.60 Å². The monoisotopic (exact) mass is 483 g/mol. The highest BCUT2D eigenvalue weighted by atomic mass is 127. The van der Waals surface area contributed by atoms with Gasteiger partial charge >= 0.3 is 6.09 Å². The number of ether oxygens (including phenoxy) is 1. The van der Waals surface area contributed by atoms with Crippen molar-refractivity contribution in [3.05, 3.63) is 0 Å². The maximum absolute atomic E-state index is 11.5. The van der Waals surface area contributed by atoms with Crippen molar-refractivity contribution < 1.29 is 9.53 Å². The second-order valence-electron chi connectivity index (χ2n) is 7.74. The number of nitrogens with zero attached hydrogens (tertiary/aromatic N) is 2. The summed E-state index contributed by atoms with van der Waals surface area (Å²) >= 11 is 0. The van der Waals surface area contributed by atoms with E-state index in [0.29, 0.717) is 6.54 Å². The minimum atomic E-state index is -0.456. The zero-order valence-electron chi connectivity index (χ0n) is 17.1. The average Bonchev–Trinajstić information content (AvgIpc) is 2.53. The Hall–Kier alpha value is -0.770. The summed E-state index contributed by atoms with van der Waals surface area (Å²) in [7, 11) is 3.97. The number of halogens is 1. The van der Waals surface area contributed by atoms with Gasteiger partial charge < -0.3 is 25.6 Å². The molecule has 8 heteroatoms. The summed E-state index contributed by atoms with van der Waals surface area (Å²) in [6, 6.07) is 0. The number of guanidine groups is 1. The van der Waals surface area contributed by atoms with Gasteiger partial charge in [-0.25, -0.2) is 4.79 Å². The zero-order chi connectivity index (χ0) is 18.7. The molecular formula is C18H38IN5O2. The molecular weight excluding hydrogens is 445 g/mol. The quantitative estimate of drug-likeness (QED) is 0.225. The number of piperidine rings is 1. The Balaban J connectivity index is 0.00000625. The molecule has 0 aromatic heterocycles. The fourth-order valence-electron chi connectivity index (χ4n) is 2.77. The number of amides is 1.